The Bertz CT molecular complexity index is 932. The lowest BCUT2D eigenvalue weighted by atomic mass is 9.62. The number of epoxide rings is 1. The molecule has 0 aromatic carbocycles. The maximum Gasteiger partial charge on any atom is 0.333 e. The highest BCUT2D eigenvalue weighted by Crippen LogP contribution is 2.59. The molecule has 0 amide bonds. The van der Waals surface area contributed by atoms with Gasteiger partial charge < -0.3 is 18.6 Å². The van der Waals surface area contributed by atoms with E-state index < -0.39 is 23.1 Å². The van der Waals surface area contributed by atoms with Crippen LogP contribution in [0.3, 0.4) is 0 Å². The molecule has 3 heterocycles. The number of allylic oxidation sites excluding steroid dienone is 1. The number of esters is 2. The van der Waals surface area contributed by atoms with Gasteiger partial charge in [-0.05, 0) is 52.5 Å². The zero-order chi connectivity index (χ0) is 23.3. The quantitative estimate of drug-likeness (QED) is 0.351. The summed E-state index contributed by atoms with van der Waals surface area (Å²) in [5, 5.41) is 0. The fraction of sp³-hybridized carbons (Fsp3) is 0.640. The number of cyclic esters (lactones) is 1. The summed E-state index contributed by atoms with van der Waals surface area (Å²) in [5.41, 5.74) is -0.323. The van der Waals surface area contributed by atoms with Gasteiger partial charge in [-0.2, -0.15) is 0 Å². The molecule has 1 unspecified atom stereocenters. The van der Waals surface area contributed by atoms with Crippen molar-refractivity contribution in [2.45, 2.75) is 84.2 Å². The normalized spacial score (nSPS) is 36.3. The van der Waals surface area contributed by atoms with Crippen molar-refractivity contribution in [2.24, 2.45) is 17.3 Å². The molecule has 1 aromatic rings. The number of furan rings is 1. The Morgan fingerprint density at radius 3 is 2.75 bits per heavy atom. The number of carbonyl (C=O) groups is 3. The van der Waals surface area contributed by atoms with Crippen LogP contribution in [0, 0.1) is 17.3 Å². The smallest absolute Gasteiger partial charge is 0.333 e. The van der Waals surface area contributed by atoms with E-state index in [-0.39, 0.29) is 35.8 Å². The summed E-state index contributed by atoms with van der Waals surface area (Å²) >= 11 is 0. The maximum atomic E-state index is 13.2. The van der Waals surface area contributed by atoms with Crippen molar-refractivity contribution in [1.82, 2.24) is 0 Å². The Kier molecular flexibility index (Phi) is 5.82. The van der Waals surface area contributed by atoms with Crippen LogP contribution in [-0.4, -0.2) is 35.5 Å². The van der Waals surface area contributed by atoms with Crippen molar-refractivity contribution in [3.63, 3.8) is 0 Å². The molecule has 0 spiro atoms. The molecule has 7 nitrogen and oxygen atoms in total. The van der Waals surface area contributed by atoms with E-state index in [0.29, 0.717) is 31.3 Å². The summed E-state index contributed by atoms with van der Waals surface area (Å²) in [6.45, 7) is 9.20. The summed E-state index contributed by atoms with van der Waals surface area (Å²) in [4.78, 5) is 38.6. The molecule has 3 fully saturated rings. The monoisotopic (exact) mass is 444 g/mol. The summed E-state index contributed by atoms with van der Waals surface area (Å²) in [5.74, 6) is -1.19. The molecule has 4 rings (SSSR count). The summed E-state index contributed by atoms with van der Waals surface area (Å²) in [6.07, 6.45) is 5.76. The van der Waals surface area contributed by atoms with Crippen molar-refractivity contribution < 1.29 is 33.0 Å². The molecule has 3 aliphatic rings. The molecule has 0 N–H and O–H groups in total. The van der Waals surface area contributed by atoms with Crippen LogP contribution in [0.5, 0.6) is 0 Å². The number of rotatable bonds is 7. The predicted molar refractivity (Wildman–Crippen MR) is 114 cm³/mol. The lowest BCUT2D eigenvalue weighted by Gasteiger charge is -2.42. The van der Waals surface area contributed by atoms with E-state index in [2.05, 4.69) is 0 Å². The summed E-state index contributed by atoms with van der Waals surface area (Å²) in [6, 6.07) is 1.79. The van der Waals surface area contributed by atoms with E-state index in [1.165, 1.54) is 0 Å². The van der Waals surface area contributed by atoms with Crippen LogP contribution in [0.25, 0.3) is 0 Å². The third kappa shape index (κ3) is 3.60. The zero-order valence-electron chi connectivity index (χ0n) is 19.4. The first kappa shape index (κ1) is 22.8. The molecular weight excluding hydrogens is 412 g/mol. The van der Waals surface area contributed by atoms with Gasteiger partial charge in [-0.25, -0.2) is 4.79 Å². The zero-order valence-corrected chi connectivity index (χ0v) is 19.4. The average molecular weight is 445 g/mol. The second-order valence-electron chi connectivity index (χ2n) is 9.78. The second-order valence-corrected chi connectivity index (χ2v) is 9.78. The van der Waals surface area contributed by atoms with E-state index in [0.717, 1.165) is 5.56 Å². The first-order valence-corrected chi connectivity index (χ1v) is 11.4. The Labute approximate surface area is 188 Å². The van der Waals surface area contributed by atoms with Crippen molar-refractivity contribution >= 4 is 17.7 Å². The van der Waals surface area contributed by atoms with Gasteiger partial charge in [0.15, 0.2) is 0 Å². The van der Waals surface area contributed by atoms with Crippen LogP contribution < -0.4 is 0 Å². The van der Waals surface area contributed by atoms with Gasteiger partial charge in [0, 0.05) is 24.0 Å². The maximum absolute atomic E-state index is 13.2. The van der Waals surface area contributed by atoms with Crippen LogP contribution >= 0.6 is 0 Å². The van der Waals surface area contributed by atoms with Crippen LogP contribution in [0.15, 0.2) is 34.7 Å². The van der Waals surface area contributed by atoms with E-state index >= 15 is 0 Å². The number of hydrogen-bond acceptors (Lipinski definition) is 7. The highest BCUT2D eigenvalue weighted by Gasteiger charge is 2.72. The predicted octanol–water partition coefficient (Wildman–Crippen LogP) is 4.31. The van der Waals surface area contributed by atoms with Gasteiger partial charge >= 0.3 is 11.9 Å². The first-order chi connectivity index (χ1) is 15.1. The van der Waals surface area contributed by atoms with Crippen molar-refractivity contribution in [1.29, 1.82) is 0 Å². The summed E-state index contributed by atoms with van der Waals surface area (Å²) in [7, 11) is 0. The molecule has 2 saturated heterocycles. The molecule has 7 heteroatoms. The van der Waals surface area contributed by atoms with Crippen LogP contribution in [0.4, 0.5) is 0 Å². The minimum Gasteiger partial charge on any atom is -0.472 e. The third-order valence-corrected chi connectivity index (χ3v) is 8.05. The topological polar surface area (TPSA) is 95.3 Å². The standard InChI is InChI=1S/C25H32O7/c1-6-14(2)22(27)31-21(24(4)19(26)7-8-20-25(24,5)32-20)11-15(3)17-12-18(30-23(17)28)16-9-10-29-13-16/h6,9-10,13,15,17-18,20-21H,7-8,11-12H2,1-5H3/b14-6-/t15-,17-,18?,20-,21-,24-,25-/m1/s1. The molecule has 1 aromatic heterocycles. The van der Waals surface area contributed by atoms with E-state index in [4.69, 9.17) is 18.6 Å². The lowest BCUT2D eigenvalue weighted by Crippen LogP contribution is -2.55. The van der Waals surface area contributed by atoms with Gasteiger partial charge in [-0.15, -0.1) is 0 Å². The average Bonchev–Trinajstić information content (AvgIpc) is 3.12. The van der Waals surface area contributed by atoms with E-state index in [1.807, 2.05) is 20.8 Å². The van der Waals surface area contributed by atoms with Crippen LogP contribution in [-0.2, 0) is 28.6 Å². The Morgan fingerprint density at radius 2 is 2.09 bits per heavy atom. The van der Waals surface area contributed by atoms with E-state index in [1.54, 1.807) is 38.5 Å². The van der Waals surface area contributed by atoms with Crippen LogP contribution in [0.1, 0.15) is 72.0 Å². The largest absolute Gasteiger partial charge is 0.472 e. The van der Waals surface area contributed by atoms with Gasteiger partial charge in [0.2, 0.25) is 0 Å². The van der Waals surface area contributed by atoms with Crippen molar-refractivity contribution in [3.05, 3.63) is 35.8 Å². The van der Waals surface area contributed by atoms with Crippen LogP contribution in [0.2, 0.25) is 0 Å². The number of Topliss-reactive ketones (excluding diaryl/α,β-unsaturated/α-hetero) is 1. The number of ether oxygens (including phenoxy) is 3. The molecule has 0 bridgehead atoms. The summed E-state index contributed by atoms with van der Waals surface area (Å²) < 4.78 is 22.7. The molecule has 174 valence electrons. The number of hydrogen-bond donors (Lipinski definition) is 0. The Hall–Kier alpha value is -2.41. The number of fused-ring (bicyclic) bond motifs is 1. The van der Waals surface area contributed by atoms with Crippen molar-refractivity contribution in [3.8, 4) is 0 Å². The molecule has 32 heavy (non-hydrogen) atoms. The Balaban J connectivity index is 1.57. The molecule has 0 radical (unpaired) electrons. The fourth-order valence-corrected chi connectivity index (χ4v) is 5.32. The lowest BCUT2D eigenvalue weighted by molar-refractivity contribution is -0.163. The molecule has 1 saturated carbocycles. The third-order valence-electron chi connectivity index (χ3n) is 8.05. The highest BCUT2D eigenvalue weighted by atomic mass is 16.6. The fourth-order valence-electron chi connectivity index (χ4n) is 5.32. The first-order valence-electron chi connectivity index (χ1n) is 11.4. The van der Waals surface area contributed by atoms with Gasteiger partial charge in [0.25, 0.3) is 0 Å². The highest BCUT2D eigenvalue weighted by molar-refractivity contribution is 5.91. The minimum absolute atomic E-state index is 0.00793. The van der Waals surface area contributed by atoms with Gasteiger partial charge in [-0.1, -0.05) is 13.0 Å². The van der Waals surface area contributed by atoms with Crippen molar-refractivity contribution in [2.75, 3.05) is 0 Å². The van der Waals surface area contributed by atoms with Gasteiger partial charge in [0.05, 0.1) is 30.0 Å². The van der Waals surface area contributed by atoms with Gasteiger partial charge in [-0.3, -0.25) is 9.59 Å². The van der Waals surface area contributed by atoms with E-state index in [9.17, 15) is 14.4 Å². The molecular formula is C25H32O7. The molecule has 7 atom stereocenters. The SMILES string of the molecule is C/C=C(/C)C(=O)O[C@H](C[C@@H](C)[C@H]1CC(c2ccoc2)OC1=O)[C@@]1(C)C(=O)CC[C@H]2O[C@]21C. The molecule has 2 aliphatic heterocycles. The van der Waals surface area contributed by atoms with Gasteiger partial charge in [0.1, 0.15) is 23.6 Å². The second kappa shape index (κ2) is 8.18. The number of carbonyl (C=O) groups excluding carboxylic acids is 3. The minimum atomic E-state index is -0.972. The Morgan fingerprint density at radius 1 is 1.34 bits per heavy atom. The number of ketones is 1. The molecule has 1 aliphatic carbocycles.